The lowest BCUT2D eigenvalue weighted by Crippen LogP contribution is -2.44. The Morgan fingerprint density at radius 1 is 1.08 bits per heavy atom. The van der Waals surface area contributed by atoms with Gasteiger partial charge in [0.15, 0.2) is 11.6 Å². The van der Waals surface area contributed by atoms with Crippen molar-refractivity contribution < 1.29 is 13.2 Å². The maximum Gasteiger partial charge on any atom is 0.161 e. The van der Waals surface area contributed by atoms with Gasteiger partial charge in [-0.2, -0.15) is 5.10 Å². The van der Waals surface area contributed by atoms with Gasteiger partial charge in [-0.05, 0) is 30.9 Å². The molecule has 1 aliphatic carbocycles. The molecule has 0 spiro atoms. The SMILES string of the molecule is Nc1n[nH]c2c1CN([C@H]1CCC(c3cc(F)c(F)cc3F)[C@@H](N)C1)C2. The van der Waals surface area contributed by atoms with E-state index < -0.39 is 17.5 Å². The van der Waals surface area contributed by atoms with Crippen LogP contribution in [0.25, 0.3) is 0 Å². The summed E-state index contributed by atoms with van der Waals surface area (Å²) >= 11 is 0. The number of aromatic nitrogens is 2. The van der Waals surface area contributed by atoms with E-state index in [0.29, 0.717) is 24.7 Å². The van der Waals surface area contributed by atoms with Crippen LogP contribution in [-0.2, 0) is 13.1 Å². The van der Waals surface area contributed by atoms with Gasteiger partial charge in [0.25, 0.3) is 0 Å². The fraction of sp³-hybridized carbons (Fsp3) is 0.471. The quantitative estimate of drug-likeness (QED) is 0.726. The standard InChI is InChI=1S/C17H20F3N5/c18-12-5-14(20)13(19)4-10(12)9-2-1-8(3-15(9)21)25-6-11-16(7-25)23-24-17(11)22/h4-5,8-9,15H,1-3,6-7,21H2,(H3,22,23,24)/t8-,9?,15-/m0/s1. The van der Waals surface area contributed by atoms with Gasteiger partial charge in [0.05, 0.1) is 5.69 Å². The minimum atomic E-state index is -1.17. The van der Waals surface area contributed by atoms with Crippen LogP contribution in [0.1, 0.15) is 42.0 Å². The van der Waals surface area contributed by atoms with Gasteiger partial charge in [-0.15, -0.1) is 0 Å². The van der Waals surface area contributed by atoms with E-state index in [4.69, 9.17) is 11.5 Å². The van der Waals surface area contributed by atoms with E-state index in [-0.39, 0.29) is 23.6 Å². The molecule has 0 bridgehead atoms. The van der Waals surface area contributed by atoms with E-state index in [9.17, 15) is 13.2 Å². The van der Waals surface area contributed by atoms with Gasteiger partial charge in [0.1, 0.15) is 11.6 Å². The minimum absolute atomic E-state index is 0.171. The molecule has 1 aliphatic heterocycles. The molecular formula is C17H20F3N5. The third-order valence-electron chi connectivity index (χ3n) is 5.53. The van der Waals surface area contributed by atoms with Crippen LogP contribution in [0.15, 0.2) is 12.1 Å². The van der Waals surface area contributed by atoms with Crippen molar-refractivity contribution in [3.8, 4) is 0 Å². The molecule has 134 valence electrons. The third-order valence-corrected chi connectivity index (χ3v) is 5.53. The van der Waals surface area contributed by atoms with Crippen LogP contribution in [-0.4, -0.2) is 27.2 Å². The highest BCUT2D eigenvalue weighted by Gasteiger charge is 2.36. The first kappa shape index (κ1) is 16.4. The van der Waals surface area contributed by atoms with Crippen LogP contribution in [0.5, 0.6) is 0 Å². The summed E-state index contributed by atoms with van der Waals surface area (Å²) in [5, 5.41) is 6.95. The van der Waals surface area contributed by atoms with E-state index >= 15 is 0 Å². The highest BCUT2D eigenvalue weighted by atomic mass is 19.2. The fourth-order valence-corrected chi connectivity index (χ4v) is 4.17. The summed E-state index contributed by atoms with van der Waals surface area (Å²) in [7, 11) is 0. The molecule has 1 aromatic heterocycles. The Morgan fingerprint density at radius 2 is 1.84 bits per heavy atom. The smallest absolute Gasteiger partial charge is 0.161 e. The summed E-state index contributed by atoms with van der Waals surface area (Å²) in [6.07, 6.45) is 2.11. The van der Waals surface area contributed by atoms with Crippen molar-refractivity contribution in [2.24, 2.45) is 5.73 Å². The largest absolute Gasteiger partial charge is 0.382 e. The lowest BCUT2D eigenvalue weighted by Gasteiger charge is -2.38. The summed E-state index contributed by atoms with van der Waals surface area (Å²) < 4.78 is 40.7. The highest BCUT2D eigenvalue weighted by molar-refractivity contribution is 5.44. The predicted molar refractivity (Wildman–Crippen MR) is 86.9 cm³/mol. The predicted octanol–water partition coefficient (Wildman–Crippen LogP) is 2.39. The summed E-state index contributed by atoms with van der Waals surface area (Å²) in [5.41, 5.74) is 14.4. The first-order chi connectivity index (χ1) is 11.9. The van der Waals surface area contributed by atoms with Gasteiger partial charge >= 0.3 is 0 Å². The van der Waals surface area contributed by atoms with Crippen LogP contribution < -0.4 is 11.5 Å². The molecule has 1 unspecified atom stereocenters. The summed E-state index contributed by atoms with van der Waals surface area (Å²) in [6.45, 7) is 1.46. The Bertz CT molecular complexity index is 806. The molecule has 0 saturated heterocycles. The lowest BCUT2D eigenvalue weighted by atomic mass is 9.77. The monoisotopic (exact) mass is 351 g/mol. The molecule has 0 radical (unpaired) electrons. The van der Waals surface area contributed by atoms with E-state index in [1.54, 1.807) is 0 Å². The molecule has 25 heavy (non-hydrogen) atoms. The van der Waals surface area contributed by atoms with Gasteiger partial charge in [0.2, 0.25) is 0 Å². The number of anilines is 1. The zero-order valence-electron chi connectivity index (χ0n) is 13.6. The number of rotatable bonds is 2. The molecular weight excluding hydrogens is 331 g/mol. The number of nitrogens with one attached hydrogen (secondary N) is 1. The lowest BCUT2D eigenvalue weighted by molar-refractivity contribution is 0.136. The normalized spacial score (nSPS) is 26.8. The van der Waals surface area contributed by atoms with Crippen molar-refractivity contribution in [3.63, 3.8) is 0 Å². The first-order valence-electron chi connectivity index (χ1n) is 8.39. The topological polar surface area (TPSA) is 84.0 Å². The zero-order valence-corrected chi connectivity index (χ0v) is 13.6. The molecule has 2 aromatic rings. The molecule has 5 N–H and O–H groups in total. The summed E-state index contributed by atoms with van der Waals surface area (Å²) in [5.74, 6) is -2.72. The van der Waals surface area contributed by atoms with Crippen LogP contribution in [0.3, 0.4) is 0 Å². The number of hydrogen-bond acceptors (Lipinski definition) is 4. The molecule has 3 atom stereocenters. The number of nitrogen functional groups attached to an aromatic ring is 1. The molecule has 2 aliphatic rings. The van der Waals surface area contributed by atoms with Gasteiger partial charge < -0.3 is 11.5 Å². The van der Waals surface area contributed by atoms with E-state index in [0.717, 1.165) is 36.8 Å². The van der Waals surface area contributed by atoms with Crippen molar-refractivity contribution in [3.05, 3.63) is 46.4 Å². The van der Waals surface area contributed by atoms with Crippen molar-refractivity contribution in [1.82, 2.24) is 15.1 Å². The van der Waals surface area contributed by atoms with Crippen LogP contribution >= 0.6 is 0 Å². The molecule has 1 aromatic carbocycles. The third kappa shape index (κ3) is 2.79. The highest BCUT2D eigenvalue weighted by Crippen LogP contribution is 2.38. The fourth-order valence-electron chi connectivity index (χ4n) is 4.17. The van der Waals surface area contributed by atoms with Crippen LogP contribution in [0.4, 0.5) is 19.0 Å². The van der Waals surface area contributed by atoms with Crippen LogP contribution in [0.2, 0.25) is 0 Å². The van der Waals surface area contributed by atoms with Crippen molar-refractivity contribution >= 4 is 5.82 Å². The minimum Gasteiger partial charge on any atom is -0.382 e. The van der Waals surface area contributed by atoms with Crippen LogP contribution in [0, 0.1) is 17.5 Å². The Hall–Kier alpha value is -2.06. The first-order valence-corrected chi connectivity index (χ1v) is 8.39. The molecule has 0 amide bonds. The second kappa shape index (κ2) is 6.03. The Kier molecular flexibility index (Phi) is 3.96. The molecule has 4 rings (SSSR count). The number of aromatic amines is 1. The Morgan fingerprint density at radius 3 is 2.56 bits per heavy atom. The second-order valence-electron chi connectivity index (χ2n) is 7.00. The van der Waals surface area contributed by atoms with Crippen molar-refractivity contribution in [1.29, 1.82) is 0 Å². The summed E-state index contributed by atoms with van der Waals surface area (Å²) in [4.78, 5) is 2.29. The van der Waals surface area contributed by atoms with E-state index in [1.165, 1.54) is 0 Å². The maximum atomic E-state index is 14.1. The molecule has 2 heterocycles. The number of benzene rings is 1. The van der Waals surface area contributed by atoms with Crippen molar-refractivity contribution in [2.45, 2.75) is 50.4 Å². The molecule has 1 fully saturated rings. The van der Waals surface area contributed by atoms with Gasteiger partial charge in [-0.3, -0.25) is 10.00 Å². The summed E-state index contributed by atoms with van der Waals surface area (Å²) in [6, 6.07) is 1.49. The number of nitrogens with two attached hydrogens (primary N) is 2. The number of halogens is 3. The average molecular weight is 351 g/mol. The number of nitrogens with zero attached hydrogens (tertiary/aromatic N) is 2. The maximum absolute atomic E-state index is 14.1. The number of H-pyrrole nitrogens is 1. The average Bonchev–Trinajstić information content (AvgIpc) is 3.14. The Balaban J connectivity index is 1.47. The van der Waals surface area contributed by atoms with Gasteiger partial charge in [0, 0.05) is 42.7 Å². The second-order valence-corrected chi connectivity index (χ2v) is 7.00. The molecule has 1 saturated carbocycles. The number of hydrogen-bond donors (Lipinski definition) is 3. The zero-order chi connectivity index (χ0) is 17.7. The van der Waals surface area contributed by atoms with Gasteiger partial charge in [-0.1, -0.05) is 0 Å². The molecule has 8 heteroatoms. The van der Waals surface area contributed by atoms with E-state index in [1.807, 2.05) is 0 Å². The van der Waals surface area contributed by atoms with Crippen molar-refractivity contribution in [2.75, 3.05) is 5.73 Å². The van der Waals surface area contributed by atoms with E-state index in [2.05, 4.69) is 15.1 Å². The van der Waals surface area contributed by atoms with Gasteiger partial charge in [-0.25, -0.2) is 13.2 Å². The number of fused-ring (bicyclic) bond motifs is 1. The molecule has 5 nitrogen and oxygen atoms in total. The Labute approximate surface area is 143 Å².